The molecule has 0 aliphatic heterocycles. The summed E-state index contributed by atoms with van der Waals surface area (Å²) in [5.41, 5.74) is 0.386. The Kier molecular flexibility index (Phi) is 3.51. The first-order valence-electron chi connectivity index (χ1n) is 3.17. The Morgan fingerprint density at radius 1 is 1.46 bits per heavy atom. The summed E-state index contributed by atoms with van der Waals surface area (Å²) in [6.45, 7) is 0. The van der Waals surface area contributed by atoms with Gasteiger partial charge in [-0.2, -0.15) is 9.61 Å². The van der Waals surface area contributed by atoms with Gasteiger partial charge in [-0.1, -0.05) is 0 Å². The number of aromatic nitrogens is 4. The normalized spacial score (nSPS) is 9.54. The Morgan fingerprint density at radius 3 is 2.92 bits per heavy atom. The first-order valence-corrected chi connectivity index (χ1v) is 3.17. The zero-order valence-corrected chi connectivity index (χ0v) is 9.96. The van der Waals surface area contributed by atoms with Gasteiger partial charge in [0.1, 0.15) is 5.97 Å². The third-order valence-corrected chi connectivity index (χ3v) is 1.36. The van der Waals surface area contributed by atoms with E-state index in [1.165, 1.54) is 6.20 Å². The topological polar surface area (TPSA) is 83.2 Å². The van der Waals surface area contributed by atoms with E-state index >= 15 is 0 Å². The number of fused-ring (bicyclic) bond motifs is 1. The van der Waals surface area contributed by atoms with E-state index in [2.05, 4.69) is 15.3 Å². The van der Waals surface area contributed by atoms with Crippen molar-refractivity contribution < 1.29 is 61.3 Å². The molecule has 0 aliphatic carbocycles. The van der Waals surface area contributed by atoms with E-state index in [-0.39, 0.29) is 57.2 Å². The van der Waals surface area contributed by atoms with Gasteiger partial charge in [-0.05, 0) is 12.1 Å². The molecular weight excluding hydrogens is 199 g/mol. The molecule has 0 fully saturated rings. The van der Waals surface area contributed by atoms with Crippen LogP contribution in [0.5, 0.6) is 0 Å². The maximum Gasteiger partial charge on any atom is 1.00 e. The second-order valence-electron chi connectivity index (χ2n) is 2.10. The smallest absolute Gasteiger partial charge is 0.541 e. The van der Waals surface area contributed by atoms with E-state index in [4.69, 9.17) is 0 Å². The minimum absolute atomic E-state index is 0. The number of hydrogen-bond acceptors (Lipinski definition) is 5. The van der Waals surface area contributed by atoms with Gasteiger partial charge in [0.25, 0.3) is 0 Å². The van der Waals surface area contributed by atoms with Crippen LogP contribution in [0.15, 0.2) is 18.3 Å². The van der Waals surface area contributed by atoms with Gasteiger partial charge in [0, 0.05) is 6.20 Å². The first kappa shape index (κ1) is 10.7. The molecule has 0 atom stereocenters. The maximum absolute atomic E-state index is 10.4. The summed E-state index contributed by atoms with van der Waals surface area (Å²) in [6.07, 6.45) is 1.45. The number of carbonyl (C=O) groups excluding carboxylic acids is 1. The van der Waals surface area contributed by atoms with E-state index in [1.54, 1.807) is 12.1 Å². The molecule has 0 spiro atoms. The van der Waals surface area contributed by atoms with Crippen molar-refractivity contribution in [2.45, 2.75) is 0 Å². The van der Waals surface area contributed by atoms with Crippen LogP contribution in [0.2, 0.25) is 0 Å². The number of rotatable bonds is 1. The molecule has 0 amide bonds. The Labute approximate surface area is 115 Å². The van der Waals surface area contributed by atoms with Gasteiger partial charge in [0.15, 0.2) is 5.65 Å². The molecule has 0 radical (unpaired) electrons. The first-order chi connectivity index (χ1) is 5.79. The average molecular weight is 202 g/mol. The molecule has 2 rings (SSSR count). The third kappa shape index (κ3) is 1.94. The van der Waals surface area contributed by atoms with Crippen LogP contribution in [-0.4, -0.2) is 25.8 Å². The molecule has 0 aliphatic rings. The second kappa shape index (κ2) is 4.25. The minimum atomic E-state index is -1.39. The molecule has 2 aromatic heterocycles. The molecule has 13 heavy (non-hydrogen) atoms. The van der Waals surface area contributed by atoms with Gasteiger partial charge in [0.05, 0.1) is 0 Å². The second-order valence-corrected chi connectivity index (χ2v) is 2.10. The molecule has 6 nitrogen and oxygen atoms in total. The number of hydrogen-bond donors (Lipinski definition) is 0. The summed E-state index contributed by atoms with van der Waals surface area (Å²) in [5, 5.41) is 21.1. The van der Waals surface area contributed by atoms with Crippen molar-refractivity contribution in [2.75, 3.05) is 0 Å². The summed E-state index contributed by atoms with van der Waals surface area (Å²) < 4.78 is 1.11. The number of carboxylic acid groups (broad SMARTS) is 1. The quantitative estimate of drug-likeness (QED) is 0.435. The molecule has 2 heterocycles. The minimum Gasteiger partial charge on any atom is -0.541 e. The van der Waals surface area contributed by atoms with E-state index < -0.39 is 5.97 Å². The monoisotopic (exact) mass is 202 g/mol. The standard InChI is InChI=1S/C6H4N4O2.K/c11-6(12)5-9-8-4-2-1-3-7-10(4)5;/h1-3H,(H,11,12);/q;+1/p-1. The van der Waals surface area contributed by atoms with Crippen molar-refractivity contribution in [1.82, 2.24) is 19.8 Å². The third-order valence-electron chi connectivity index (χ3n) is 1.36. The van der Waals surface area contributed by atoms with Crippen molar-refractivity contribution in [1.29, 1.82) is 0 Å². The molecule has 2 aromatic rings. The van der Waals surface area contributed by atoms with Crippen molar-refractivity contribution >= 4 is 11.6 Å². The number of aromatic carboxylic acids is 1. The molecule has 0 aromatic carbocycles. The molecular formula is C6H3KN4O2. The van der Waals surface area contributed by atoms with Crippen LogP contribution >= 0.6 is 0 Å². The van der Waals surface area contributed by atoms with Gasteiger partial charge >= 0.3 is 51.4 Å². The van der Waals surface area contributed by atoms with E-state index in [0.717, 1.165) is 4.52 Å². The van der Waals surface area contributed by atoms with Gasteiger partial charge in [-0.25, -0.2) is 0 Å². The van der Waals surface area contributed by atoms with E-state index in [0.29, 0.717) is 5.65 Å². The van der Waals surface area contributed by atoms with Crippen molar-refractivity contribution in [3.05, 3.63) is 24.2 Å². The summed E-state index contributed by atoms with van der Waals surface area (Å²) in [7, 11) is 0. The SMILES string of the molecule is O=C([O-])c1nnc2cccnn12.[K+]. The molecule has 0 N–H and O–H groups in total. The van der Waals surface area contributed by atoms with Crippen LogP contribution in [0.4, 0.5) is 0 Å². The fourth-order valence-corrected chi connectivity index (χ4v) is 0.871. The Morgan fingerprint density at radius 2 is 2.23 bits per heavy atom. The van der Waals surface area contributed by atoms with Crippen molar-refractivity contribution in [3.63, 3.8) is 0 Å². The predicted octanol–water partition coefficient (Wildman–Crippen LogP) is -4.51. The van der Waals surface area contributed by atoms with Crippen LogP contribution in [0.3, 0.4) is 0 Å². The van der Waals surface area contributed by atoms with Crippen LogP contribution < -0.4 is 56.5 Å². The van der Waals surface area contributed by atoms with Crippen LogP contribution in [0.25, 0.3) is 5.65 Å². The Hall–Kier alpha value is -0.344. The molecule has 0 saturated heterocycles. The van der Waals surface area contributed by atoms with Crippen LogP contribution in [0.1, 0.15) is 10.6 Å². The van der Waals surface area contributed by atoms with Crippen molar-refractivity contribution in [3.8, 4) is 0 Å². The predicted molar refractivity (Wildman–Crippen MR) is 35.1 cm³/mol. The maximum atomic E-state index is 10.4. The van der Waals surface area contributed by atoms with Crippen molar-refractivity contribution in [2.24, 2.45) is 0 Å². The fourth-order valence-electron chi connectivity index (χ4n) is 0.871. The molecule has 0 bridgehead atoms. The zero-order valence-electron chi connectivity index (χ0n) is 6.84. The summed E-state index contributed by atoms with van der Waals surface area (Å²) >= 11 is 0. The molecule has 60 valence electrons. The molecule has 7 heteroatoms. The number of carboxylic acids is 1. The fraction of sp³-hybridized carbons (Fsp3) is 0. The number of carbonyl (C=O) groups is 1. The van der Waals surface area contributed by atoms with Crippen LogP contribution in [0, 0.1) is 0 Å². The summed E-state index contributed by atoms with van der Waals surface area (Å²) in [6, 6.07) is 3.25. The van der Waals surface area contributed by atoms with Gasteiger partial charge in [-0.15, -0.1) is 10.2 Å². The Bertz CT molecular complexity index is 441. The largest absolute Gasteiger partial charge is 1.00 e. The van der Waals surface area contributed by atoms with Gasteiger partial charge < -0.3 is 9.90 Å². The van der Waals surface area contributed by atoms with E-state index in [1.807, 2.05) is 0 Å². The van der Waals surface area contributed by atoms with E-state index in [9.17, 15) is 9.90 Å². The zero-order chi connectivity index (χ0) is 8.55. The number of nitrogens with zero attached hydrogens (tertiary/aromatic N) is 4. The molecule has 0 unspecified atom stereocenters. The summed E-state index contributed by atoms with van der Waals surface area (Å²) in [5.74, 6) is -1.67. The Balaban J connectivity index is 0.000000845. The van der Waals surface area contributed by atoms with Gasteiger partial charge in [0.2, 0.25) is 5.82 Å². The van der Waals surface area contributed by atoms with Crippen LogP contribution in [-0.2, 0) is 0 Å². The average Bonchev–Trinajstić information content (AvgIpc) is 2.47. The summed E-state index contributed by atoms with van der Waals surface area (Å²) in [4.78, 5) is 10.4. The molecule has 0 saturated carbocycles. The van der Waals surface area contributed by atoms with Gasteiger partial charge in [-0.3, -0.25) is 0 Å².